The molecule has 8 nitrogen and oxygen atoms in total. The third-order valence-corrected chi connectivity index (χ3v) is 5.81. The zero-order valence-electron chi connectivity index (χ0n) is 17.1. The SMILES string of the molecule is CCn1cc(C(=O)N2CCN(Cc3nn(CC)c4c3COCC4)CC2)c(C)n1. The minimum atomic E-state index is 0.0953. The summed E-state index contributed by atoms with van der Waals surface area (Å²) in [6.45, 7) is 13.2. The highest BCUT2D eigenvalue weighted by molar-refractivity contribution is 5.95. The Kier molecular flexibility index (Phi) is 5.50. The number of carbonyl (C=O) groups is 1. The van der Waals surface area contributed by atoms with Crippen LogP contribution in [0.4, 0.5) is 0 Å². The lowest BCUT2D eigenvalue weighted by atomic mass is 10.1. The molecule has 4 heterocycles. The molecular formula is C20H30N6O2. The fraction of sp³-hybridized carbons (Fsp3) is 0.650. The lowest BCUT2D eigenvalue weighted by molar-refractivity contribution is 0.0624. The Morgan fingerprint density at radius 1 is 1.14 bits per heavy atom. The van der Waals surface area contributed by atoms with E-state index < -0.39 is 0 Å². The highest BCUT2D eigenvalue weighted by Gasteiger charge is 2.27. The summed E-state index contributed by atoms with van der Waals surface area (Å²) in [5.41, 5.74) is 5.28. The van der Waals surface area contributed by atoms with Gasteiger partial charge in [0.2, 0.25) is 0 Å². The third-order valence-electron chi connectivity index (χ3n) is 5.81. The van der Waals surface area contributed by atoms with Crippen molar-refractivity contribution in [2.75, 3.05) is 32.8 Å². The smallest absolute Gasteiger partial charge is 0.257 e. The summed E-state index contributed by atoms with van der Waals surface area (Å²) in [6.07, 6.45) is 2.82. The number of aryl methyl sites for hydroxylation is 3. The second-order valence-corrected chi connectivity index (χ2v) is 7.54. The van der Waals surface area contributed by atoms with Crippen LogP contribution in [-0.2, 0) is 37.4 Å². The number of hydrogen-bond donors (Lipinski definition) is 0. The van der Waals surface area contributed by atoms with Crippen molar-refractivity contribution in [1.29, 1.82) is 0 Å². The van der Waals surface area contributed by atoms with Gasteiger partial charge >= 0.3 is 0 Å². The van der Waals surface area contributed by atoms with Gasteiger partial charge in [0.15, 0.2) is 0 Å². The van der Waals surface area contributed by atoms with Gasteiger partial charge in [-0.2, -0.15) is 10.2 Å². The van der Waals surface area contributed by atoms with Crippen LogP contribution >= 0.6 is 0 Å². The fourth-order valence-electron chi connectivity index (χ4n) is 4.15. The van der Waals surface area contributed by atoms with Crippen LogP contribution < -0.4 is 0 Å². The van der Waals surface area contributed by atoms with Gasteiger partial charge in [-0.3, -0.25) is 19.1 Å². The predicted octanol–water partition coefficient (Wildman–Crippen LogP) is 1.46. The van der Waals surface area contributed by atoms with Crippen molar-refractivity contribution >= 4 is 5.91 Å². The molecule has 2 aromatic rings. The number of fused-ring (bicyclic) bond motifs is 1. The standard InChI is InChI=1S/C20H30N6O2/c1-4-25-12-16(15(3)21-25)20(27)24-9-7-23(8-10-24)13-18-17-14-28-11-6-19(17)26(5-2)22-18/h12H,4-11,13-14H2,1-3H3. The van der Waals surface area contributed by atoms with E-state index in [1.807, 2.05) is 29.6 Å². The van der Waals surface area contributed by atoms with E-state index >= 15 is 0 Å². The van der Waals surface area contributed by atoms with E-state index in [1.165, 1.54) is 11.3 Å². The molecule has 0 radical (unpaired) electrons. The van der Waals surface area contributed by atoms with Crippen LogP contribution in [0.5, 0.6) is 0 Å². The summed E-state index contributed by atoms with van der Waals surface area (Å²) in [4.78, 5) is 17.2. The lowest BCUT2D eigenvalue weighted by Gasteiger charge is -2.34. The molecule has 0 aliphatic carbocycles. The molecule has 2 aliphatic rings. The van der Waals surface area contributed by atoms with E-state index in [-0.39, 0.29) is 5.91 Å². The molecule has 0 unspecified atom stereocenters. The summed E-state index contributed by atoms with van der Waals surface area (Å²) < 4.78 is 9.62. The second-order valence-electron chi connectivity index (χ2n) is 7.54. The minimum Gasteiger partial charge on any atom is -0.376 e. The van der Waals surface area contributed by atoms with Gasteiger partial charge in [-0.25, -0.2) is 0 Å². The quantitative estimate of drug-likeness (QED) is 0.778. The van der Waals surface area contributed by atoms with Gasteiger partial charge in [-0.15, -0.1) is 0 Å². The van der Waals surface area contributed by atoms with E-state index in [0.29, 0.717) is 6.61 Å². The molecule has 2 aliphatic heterocycles. The topological polar surface area (TPSA) is 68.4 Å². The Morgan fingerprint density at radius 3 is 2.61 bits per heavy atom. The Balaban J connectivity index is 1.39. The van der Waals surface area contributed by atoms with E-state index in [0.717, 1.165) is 75.8 Å². The zero-order chi connectivity index (χ0) is 19.7. The van der Waals surface area contributed by atoms with Crippen LogP contribution in [0.15, 0.2) is 6.20 Å². The van der Waals surface area contributed by atoms with Crippen molar-refractivity contribution in [3.63, 3.8) is 0 Å². The second kappa shape index (κ2) is 8.05. The number of rotatable bonds is 5. The molecule has 0 atom stereocenters. The minimum absolute atomic E-state index is 0.0953. The maximum Gasteiger partial charge on any atom is 0.257 e. The van der Waals surface area contributed by atoms with Gasteiger partial charge < -0.3 is 9.64 Å². The molecule has 0 bridgehead atoms. The molecule has 0 saturated carbocycles. The summed E-state index contributed by atoms with van der Waals surface area (Å²) in [5.74, 6) is 0.0953. The average molecular weight is 387 g/mol. The molecule has 28 heavy (non-hydrogen) atoms. The molecule has 152 valence electrons. The number of hydrogen-bond acceptors (Lipinski definition) is 5. The van der Waals surface area contributed by atoms with Crippen LogP contribution in [0.3, 0.4) is 0 Å². The van der Waals surface area contributed by atoms with Crippen molar-refractivity contribution in [2.45, 2.75) is 53.4 Å². The largest absolute Gasteiger partial charge is 0.376 e. The van der Waals surface area contributed by atoms with Gasteiger partial charge in [0.25, 0.3) is 5.91 Å². The molecule has 0 aromatic carbocycles. The fourth-order valence-corrected chi connectivity index (χ4v) is 4.15. The van der Waals surface area contributed by atoms with E-state index in [2.05, 4.69) is 21.6 Å². The normalized spacial score (nSPS) is 17.8. The van der Waals surface area contributed by atoms with Crippen molar-refractivity contribution in [1.82, 2.24) is 29.4 Å². The Morgan fingerprint density at radius 2 is 1.93 bits per heavy atom. The summed E-state index contributed by atoms with van der Waals surface area (Å²) >= 11 is 0. The number of amides is 1. The van der Waals surface area contributed by atoms with Crippen LogP contribution in [0.1, 0.15) is 46.9 Å². The molecule has 1 fully saturated rings. The first-order valence-electron chi connectivity index (χ1n) is 10.3. The Bertz CT molecular complexity index is 847. The molecule has 0 N–H and O–H groups in total. The molecule has 4 rings (SSSR count). The van der Waals surface area contributed by atoms with Crippen molar-refractivity contribution in [2.24, 2.45) is 0 Å². The highest BCUT2D eigenvalue weighted by atomic mass is 16.5. The van der Waals surface area contributed by atoms with Crippen molar-refractivity contribution in [3.05, 3.63) is 34.4 Å². The average Bonchev–Trinajstić information content (AvgIpc) is 3.28. The summed E-state index contributed by atoms with van der Waals surface area (Å²) in [5, 5.41) is 9.24. The van der Waals surface area contributed by atoms with E-state index in [4.69, 9.17) is 9.84 Å². The number of ether oxygens (including phenoxy) is 1. The van der Waals surface area contributed by atoms with Crippen molar-refractivity contribution < 1.29 is 9.53 Å². The molecule has 1 amide bonds. The summed E-state index contributed by atoms with van der Waals surface area (Å²) in [7, 11) is 0. The van der Waals surface area contributed by atoms with Crippen molar-refractivity contribution in [3.8, 4) is 0 Å². The monoisotopic (exact) mass is 386 g/mol. The first-order chi connectivity index (χ1) is 13.6. The summed E-state index contributed by atoms with van der Waals surface area (Å²) in [6, 6.07) is 0. The van der Waals surface area contributed by atoms with Crippen LogP contribution in [0.2, 0.25) is 0 Å². The number of piperazine rings is 1. The first-order valence-corrected chi connectivity index (χ1v) is 10.3. The van der Waals surface area contributed by atoms with Crippen LogP contribution in [0.25, 0.3) is 0 Å². The molecule has 0 spiro atoms. The van der Waals surface area contributed by atoms with Crippen LogP contribution in [0, 0.1) is 6.92 Å². The maximum atomic E-state index is 12.9. The number of carbonyl (C=O) groups excluding carboxylic acids is 1. The predicted molar refractivity (Wildman–Crippen MR) is 105 cm³/mol. The van der Waals surface area contributed by atoms with E-state index in [9.17, 15) is 4.79 Å². The number of nitrogens with zero attached hydrogens (tertiary/aromatic N) is 6. The third kappa shape index (κ3) is 3.58. The van der Waals surface area contributed by atoms with Gasteiger partial charge in [-0.05, 0) is 20.8 Å². The molecule has 1 saturated heterocycles. The Hall–Kier alpha value is -2.19. The van der Waals surface area contributed by atoms with Crippen LogP contribution in [-0.4, -0.2) is 68.1 Å². The van der Waals surface area contributed by atoms with E-state index in [1.54, 1.807) is 0 Å². The lowest BCUT2D eigenvalue weighted by Crippen LogP contribution is -2.48. The van der Waals surface area contributed by atoms with Gasteiger partial charge in [0.05, 0.1) is 30.2 Å². The first kappa shape index (κ1) is 19.1. The highest BCUT2D eigenvalue weighted by Crippen LogP contribution is 2.23. The number of aromatic nitrogens is 4. The Labute approximate surface area is 166 Å². The van der Waals surface area contributed by atoms with Gasteiger partial charge in [0, 0.05) is 69.7 Å². The maximum absolute atomic E-state index is 12.9. The molecule has 2 aromatic heterocycles. The molecule has 8 heteroatoms. The zero-order valence-corrected chi connectivity index (χ0v) is 17.1. The molecular weight excluding hydrogens is 356 g/mol. The van der Waals surface area contributed by atoms with Gasteiger partial charge in [0.1, 0.15) is 0 Å². The van der Waals surface area contributed by atoms with Gasteiger partial charge in [-0.1, -0.05) is 0 Å².